The van der Waals surface area contributed by atoms with Gasteiger partial charge in [0.15, 0.2) is 5.82 Å². The molecule has 0 saturated carbocycles. The lowest BCUT2D eigenvalue weighted by Crippen LogP contribution is -2.31. The number of hydrogen-bond acceptors (Lipinski definition) is 3. The molecule has 0 spiro atoms. The van der Waals surface area contributed by atoms with Crippen LogP contribution in [0.5, 0.6) is 0 Å². The Bertz CT molecular complexity index is 564. The number of carbonyl (C=O) groups is 1. The van der Waals surface area contributed by atoms with Crippen LogP contribution >= 0.6 is 0 Å². The minimum absolute atomic E-state index is 0.190. The van der Waals surface area contributed by atoms with Gasteiger partial charge in [-0.25, -0.2) is 4.39 Å². The number of rotatable bonds is 4. The Labute approximate surface area is 104 Å². The van der Waals surface area contributed by atoms with E-state index in [2.05, 4.69) is 15.5 Å². The number of fused-ring (bicyclic) bond motifs is 1. The molecule has 1 heterocycles. The topological polar surface area (TPSA) is 61.0 Å². The molecule has 96 valence electrons. The highest BCUT2D eigenvalue weighted by Crippen LogP contribution is 2.18. The summed E-state index contributed by atoms with van der Waals surface area (Å²) < 4.78 is 13.4. The molecule has 1 amide bonds. The molecule has 0 bridgehead atoms. The first-order valence-electron chi connectivity index (χ1n) is 5.65. The molecule has 5 nitrogen and oxygen atoms in total. The summed E-state index contributed by atoms with van der Waals surface area (Å²) in [7, 11) is 3.85. The van der Waals surface area contributed by atoms with E-state index < -0.39 is 5.82 Å². The number of aromatic nitrogens is 2. The minimum Gasteiger partial charge on any atom is -0.349 e. The van der Waals surface area contributed by atoms with Gasteiger partial charge < -0.3 is 10.2 Å². The van der Waals surface area contributed by atoms with Crippen LogP contribution in [0, 0.1) is 5.82 Å². The molecule has 2 rings (SSSR count). The highest BCUT2D eigenvalue weighted by molar-refractivity contribution is 6.04. The summed E-state index contributed by atoms with van der Waals surface area (Å²) in [4.78, 5) is 13.9. The Balaban J connectivity index is 2.16. The molecule has 18 heavy (non-hydrogen) atoms. The van der Waals surface area contributed by atoms with Crippen LogP contribution < -0.4 is 5.32 Å². The third-order valence-electron chi connectivity index (χ3n) is 2.61. The van der Waals surface area contributed by atoms with Gasteiger partial charge in [0.05, 0.1) is 0 Å². The van der Waals surface area contributed by atoms with E-state index in [1.165, 1.54) is 6.07 Å². The van der Waals surface area contributed by atoms with Crippen LogP contribution in [0.2, 0.25) is 0 Å². The minimum atomic E-state index is -0.434. The Hall–Kier alpha value is -1.95. The quantitative estimate of drug-likeness (QED) is 0.850. The van der Waals surface area contributed by atoms with E-state index in [4.69, 9.17) is 0 Å². The van der Waals surface area contributed by atoms with Crippen LogP contribution in [-0.4, -0.2) is 48.2 Å². The number of halogens is 1. The first-order valence-corrected chi connectivity index (χ1v) is 5.65. The van der Waals surface area contributed by atoms with Gasteiger partial charge in [0.25, 0.3) is 5.91 Å². The molecule has 0 radical (unpaired) electrons. The summed E-state index contributed by atoms with van der Waals surface area (Å²) in [5.41, 5.74) is 0.485. The van der Waals surface area contributed by atoms with Gasteiger partial charge in [-0.05, 0) is 20.2 Å². The van der Waals surface area contributed by atoms with Crippen molar-refractivity contribution < 1.29 is 9.18 Å². The van der Waals surface area contributed by atoms with Gasteiger partial charge in [0.1, 0.15) is 11.2 Å². The van der Waals surface area contributed by atoms with Crippen molar-refractivity contribution in [3.05, 3.63) is 29.7 Å². The molecule has 0 aliphatic heterocycles. The summed E-state index contributed by atoms with van der Waals surface area (Å²) >= 11 is 0. The molecule has 0 fully saturated rings. The average molecular weight is 250 g/mol. The maximum Gasteiger partial charge on any atom is 0.269 e. The van der Waals surface area contributed by atoms with Crippen molar-refractivity contribution in [3.8, 4) is 0 Å². The Kier molecular flexibility index (Phi) is 3.57. The highest BCUT2D eigenvalue weighted by atomic mass is 19.1. The molecule has 2 N–H and O–H groups in total. The molecule has 6 heteroatoms. The summed E-state index contributed by atoms with van der Waals surface area (Å²) in [5, 5.41) is 9.64. The Morgan fingerprint density at radius 2 is 2.28 bits per heavy atom. The fraction of sp³-hybridized carbons (Fsp3) is 0.333. The zero-order chi connectivity index (χ0) is 13.1. The number of hydrogen-bond donors (Lipinski definition) is 2. The number of amides is 1. The SMILES string of the molecule is CN(C)CCNC(=O)c1[nH]nc2c(F)cccc12. The van der Waals surface area contributed by atoms with Crippen LogP contribution in [0.4, 0.5) is 4.39 Å². The van der Waals surface area contributed by atoms with Gasteiger partial charge in [0, 0.05) is 18.5 Å². The number of likely N-dealkylation sites (N-methyl/N-ethyl adjacent to an activating group) is 1. The predicted molar refractivity (Wildman–Crippen MR) is 66.9 cm³/mol. The molecule has 0 saturated heterocycles. The maximum atomic E-state index is 13.4. The van der Waals surface area contributed by atoms with Crippen LogP contribution in [0.15, 0.2) is 18.2 Å². The number of aromatic amines is 1. The number of nitrogens with zero attached hydrogens (tertiary/aromatic N) is 2. The van der Waals surface area contributed by atoms with Gasteiger partial charge >= 0.3 is 0 Å². The number of carbonyl (C=O) groups excluding carboxylic acids is 1. The molecule has 2 aromatic rings. The average Bonchev–Trinajstić information content (AvgIpc) is 2.73. The second-order valence-electron chi connectivity index (χ2n) is 4.29. The number of H-pyrrole nitrogens is 1. The monoisotopic (exact) mass is 250 g/mol. The second-order valence-corrected chi connectivity index (χ2v) is 4.29. The summed E-state index contributed by atoms with van der Waals surface area (Å²) in [5.74, 6) is -0.707. The van der Waals surface area contributed by atoms with E-state index in [0.29, 0.717) is 17.6 Å². The van der Waals surface area contributed by atoms with Crippen molar-refractivity contribution >= 4 is 16.8 Å². The van der Waals surface area contributed by atoms with Gasteiger partial charge in [-0.3, -0.25) is 9.89 Å². The first-order chi connectivity index (χ1) is 8.59. The zero-order valence-electron chi connectivity index (χ0n) is 10.3. The number of para-hydroxylation sites is 1. The first kappa shape index (κ1) is 12.5. The molecule has 0 atom stereocenters. The highest BCUT2D eigenvalue weighted by Gasteiger charge is 2.14. The van der Waals surface area contributed by atoms with Crippen LogP contribution in [0.25, 0.3) is 10.9 Å². The lowest BCUT2D eigenvalue weighted by atomic mass is 10.2. The molecular weight excluding hydrogens is 235 g/mol. The molecule has 1 aromatic carbocycles. The van der Waals surface area contributed by atoms with Gasteiger partial charge in [-0.1, -0.05) is 12.1 Å². The number of nitrogens with one attached hydrogen (secondary N) is 2. The fourth-order valence-electron chi connectivity index (χ4n) is 1.66. The molecule has 0 aliphatic rings. The molecule has 0 unspecified atom stereocenters. The van der Waals surface area contributed by atoms with Crippen LogP contribution in [-0.2, 0) is 0 Å². The Morgan fingerprint density at radius 3 is 3.00 bits per heavy atom. The van der Waals surface area contributed by atoms with Crippen LogP contribution in [0.3, 0.4) is 0 Å². The van der Waals surface area contributed by atoms with Crippen molar-refractivity contribution in [1.29, 1.82) is 0 Å². The van der Waals surface area contributed by atoms with Crippen LogP contribution in [0.1, 0.15) is 10.5 Å². The lowest BCUT2D eigenvalue weighted by molar-refractivity contribution is 0.0947. The van der Waals surface area contributed by atoms with Crippen molar-refractivity contribution in [2.45, 2.75) is 0 Å². The van der Waals surface area contributed by atoms with Crippen molar-refractivity contribution in [2.24, 2.45) is 0 Å². The van der Waals surface area contributed by atoms with Crippen molar-refractivity contribution in [3.63, 3.8) is 0 Å². The third kappa shape index (κ3) is 2.48. The standard InChI is InChI=1S/C12H15FN4O/c1-17(2)7-6-14-12(18)11-8-4-3-5-9(13)10(8)15-16-11/h3-5H,6-7H2,1-2H3,(H,14,18)(H,15,16). The van der Waals surface area contributed by atoms with E-state index in [0.717, 1.165) is 6.54 Å². The summed E-state index contributed by atoms with van der Waals surface area (Å²) in [6.07, 6.45) is 0. The second kappa shape index (κ2) is 5.14. The predicted octanol–water partition coefficient (Wildman–Crippen LogP) is 0.993. The largest absolute Gasteiger partial charge is 0.349 e. The number of benzene rings is 1. The van der Waals surface area contributed by atoms with E-state index in [1.807, 2.05) is 19.0 Å². The smallest absolute Gasteiger partial charge is 0.269 e. The zero-order valence-corrected chi connectivity index (χ0v) is 10.3. The maximum absolute atomic E-state index is 13.4. The van der Waals surface area contributed by atoms with Gasteiger partial charge in [-0.15, -0.1) is 0 Å². The summed E-state index contributed by atoms with van der Waals surface area (Å²) in [6.45, 7) is 1.27. The molecule has 1 aromatic heterocycles. The summed E-state index contributed by atoms with van der Waals surface area (Å²) in [6, 6.07) is 4.55. The molecular formula is C12H15FN4O. The normalized spacial score (nSPS) is 11.1. The lowest BCUT2D eigenvalue weighted by Gasteiger charge is -2.09. The van der Waals surface area contributed by atoms with Gasteiger partial charge in [0.2, 0.25) is 0 Å². The Morgan fingerprint density at radius 1 is 1.50 bits per heavy atom. The van der Waals surface area contributed by atoms with Crippen molar-refractivity contribution in [1.82, 2.24) is 20.4 Å². The van der Waals surface area contributed by atoms with E-state index in [-0.39, 0.29) is 11.4 Å². The third-order valence-corrected chi connectivity index (χ3v) is 2.61. The van der Waals surface area contributed by atoms with Gasteiger partial charge in [-0.2, -0.15) is 5.10 Å². The van der Waals surface area contributed by atoms with Crippen molar-refractivity contribution in [2.75, 3.05) is 27.2 Å². The molecule has 0 aliphatic carbocycles. The van der Waals surface area contributed by atoms with E-state index >= 15 is 0 Å². The van der Waals surface area contributed by atoms with E-state index in [1.54, 1.807) is 12.1 Å². The van der Waals surface area contributed by atoms with E-state index in [9.17, 15) is 9.18 Å². The fourth-order valence-corrected chi connectivity index (χ4v) is 1.66.